The Balaban J connectivity index is 1.69. The molecule has 3 rings (SSSR count). The van der Waals surface area contributed by atoms with Crippen LogP contribution < -0.4 is 0 Å². The summed E-state index contributed by atoms with van der Waals surface area (Å²) in [5.74, 6) is -0.539. The third kappa shape index (κ3) is 3.14. The van der Waals surface area contributed by atoms with E-state index in [2.05, 4.69) is 0 Å². The lowest BCUT2D eigenvalue weighted by Crippen LogP contribution is -2.54. The first-order valence-corrected chi connectivity index (χ1v) is 7.82. The standard InChI is InChI=1S/C17H24O4/c1-2-16(18)8-9-17(20-10-11-21-17)12-15(16)19-13-14-6-4-3-5-7-14/h3-7,15,18H,2,8-13H2,1H3/t15-,16+/m1/s1. The quantitative estimate of drug-likeness (QED) is 0.927. The van der Waals surface area contributed by atoms with Crippen LogP contribution in [0, 0.1) is 0 Å². The molecule has 0 radical (unpaired) electrons. The van der Waals surface area contributed by atoms with Crippen LogP contribution in [0.4, 0.5) is 0 Å². The van der Waals surface area contributed by atoms with E-state index in [1.54, 1.807) is 0 Å². The van der Waals surface area contributed by atoms with E-state index in [4.69, 9.17) is 14.2 Å². The summed E-state index contributed by atoms with van der Waals surface area (Å²) in [4.78, 5) is 0. The second-order valence-electron chi connectivity index (χ2n) is 6.05. The Hall–Kier alpha value is -0.940. The highest BCUT2D eigenvalue weighted by Gasteiger charge is 2.51. The summed E-state index contributed by atoms with van der Waals surface area (Å²) in [6.45, 7) is 3.78. The van der Waals surface area contributed by atoms with Crippen molar-refractivity contribution < 1.29 is 19.3 Å². The molecule has 4 nitrogen and oxygen atoms in total. The van der Waals surface area contributed by atoms with Crippen molar-refractivity contribution in [3.05, 3.63) is 35.9 Å². The van der Waals surface area contributed by atoms with Crippen LogP contribution in [-0.2, 0) is 20.8 Å². The zero-order valence-corrected chi connectivity index (χ0v) is 12.6. The van der Waals surface area contributed by atoms with Gasteiger partial charge in [-0.15, -0.1) is 0 Å². The van der Waals surface area contributed by atoms with Crippen LogP contribution in [0.2, 0.25) is 0 Å². The predicted octanol–water partition coefficient (Wildman–Crippen LogP) is 2.64. The molecule has 1 aromatic carbocycles. The molecule has 1 N–H and O–H groups in total. The molecule has 21 heavy (non-hydrogen) atoms. The zero-order valence-electron chi connectivity index (χ0n) is 12.6. The maximum absolute atomic E-state index is 10.8. The first-order valence-electron chi connectivity index (χ1n) is 7.82. The first-order chi connectivity index (χ1) is 10.2. The molecule has 1 aliphatic carbocycles. The van der Waals surface area contributed by atoms with Gasteiger partial charge in [0.2, 0.25) is 0 Å². The van der Waals surface area contributed by atoms with E-state index < -0.39 is 11.4 Å². The predicted molar refractivity (Wildman–Crippen MR) is 78.7 cm³/mol. The van der Waals surface area contributed by atoms with Crippen molar-refractivity contribution in [3.8, 4) is 0 Å². The van der Waals surface area contributed by atoms with Crippen LogP contribution in [0.1, 0.15) is 38.2 Å². The van der Waals surface area contributed by atoms with Gasteiger partial charge in [0.25, 0.3) is 0 Å². The van der Waals surface area contributed by atoms with Crippen molar-refractivity contribution in [1.82, 2.24) is 0 Å². The lowest BCUT2D eigenvalue weighted by molar-refractivity contribution is -0.248. The van der Waals surface area contributed by atoms with Gasteiger partial charge in [0.05, 0.1) is 31.5 Å². The van der Waals surface area contributed by atoms with Gasteiger partial charge in [-0.05, 0) is 18.4 Å². The third-order valence-electron chi connectivity index (χ3n) is 4.75. The number of rotatable bonds is 4. The summed E-state index contributed by atoms with van der Waals surface area (Å²) in [7, 11) is 0. The SMILES string of the molecule is CC[C@]1(O)CCC2(C[C@H]1OCc1ccccc1)OCCO2. The van der Waals surface area contributed by atoms with Crippen LogP contribution in [0.15, 0.2) is 30.3 Å². The van der Waals surface area contributed by atoms with E-state index in [9.17, 15) is 5.11 Å². The smallest absolute Gasteiger partial charge is 0.171 e. The second kappa shape index (κ2) is 6.05. The fourth-order valence-corrected chi connectivity index (χ4v) is 3.29. The first kappa shape index (κ1) is 15.0. The number of aliphatic hydroxyl groups is 1. The molecule has 1 saturated carbocycles. The summed E-state index contributed by atoms with van der Waals surface area (Å²) in [5, 5.41) is 10.8. The molecule has 1 saturated heterocycles. The van der Waals surface area contributed by atoms with Crippen molar-refractivity contribution in [1.29, 1.82) is 0 Å². The minimum atomic E-state index is -0.782. The molecule has 2 atom stereocenters. The van der Waals surface area contributed by atoms with Crippen molar-refractivity contribution in [2.75, 3.05) is 13.2 Å². The number of benzene rings is 1. The molecule has 1 aromatic rings. The number of hydrogen-bond donors (Lipinski definition) is 1. The Morgan fingerprint density at radius 2 is 1.90 bits per heavy atom. The molecule has 1 spiro atoms. The van der Waals surface area contributed by atoms with Gasteiger partial charge in [0.15, 0.2) is 5.79 Å². The largest absolute Gasteiger partial charge is 0.387 e. The van der Waals surface area contributed by atoms with E-state index in [-0.39, 0.29) is 6.10 Å². The molecule has 1 aliphatic heterocycles. The molecular weight excluding hydrogens is 268 g/mol. The second-order valence-corrected chi connectivity index (χ2v) is 6.05. The number of hydrogen-bond acceptors (Lipinski definition) is 4. The lowest BCUT2D eigenvalue weighted by Gasteiger charge is -2.45. The lowest BCUT2D eigenvalue weighted by atomic mass is 9.77. The summed E-state index contributed by atoms with van der Waals surface area (Å²) < 4.78 is 17.6. The Morgan fingerprint density at radius 1 is 1.19 bits per heavy atom. The average Bonchev–Trinajstić information content (AvgIpc) is 2.98. The molecule has 0 aromatic heterocycles. The molecule has 2 aliphatic rings. The molecule has 0 amide bonds. The summed E-state index contributed by atoms with van der Waals surface area (Å²) in [5.41, 5.74) is 0.332. The summed E-state index contributed by atoms with van der Waals surface area (Å²) in [6.07, 6.45) is 2.42. The molecule has 4 heteroatoms. The van der Waals surface area contributed by atoms with E-state index in [1.165, 1.54) is 0 Å². The van der Waals surface area contributed by atoms with Gasteiger partial charge < -0.3 is 19.3 Å². The molecule has 2 fully saturated rings. The monoisotopic (exact) mass is 292 g/mol. The molecule has 0 unspecified atom stereocenters. The molecular formula is C17H24O4. The van der Waals surface area contributed by atoms with E-state index in [1.807, 2.05) is 37.3 Å². The summed E-state index contributed by atoms with van der Waals surface area (Å²) >= 11 is 0. The highest BCUT2D eigenvalue weighted by atomic mass is 16.7. The number of ether oxygens (including phenoxy) is 3. The van der Waals surface area contributed by atoms with Crippen molar-refractivity contribution in [2.24, 2.45) is 0 Å². The minimum Gasteiger partial charge on any atom is -0.387 e. The highest BCUT2D eigenvalue weighted by Crippen LogP contribution is 2.43. The van der Waals surface area contributed by atoms with Gasteiger partial charge in [0.1, 0.15) is 0 Å². The normalized spacial score (nSPS) is 31.6. The zero-order chi connectivity index (χ0) is 14.8. The van der Waals surface area contributed by atoms with Crippen LogP contribution in [0.5, 0.6) is 0 Å². The molecule has 0 bridgehead atoms. The van der Waals surface area contributed by atoms with E-state index in [0.29, 0.717) is 39.1 Å². The Labute approximate surface area is 126 Å². The molecule has 116 valence electrons. The van der Waals surface area contributed by atoms with Gasteiger partial charge in [-0.3, -0.25) is 0 Å². The van der Waals surface area contributed by atoms with Crippen molar-refractivity contribution in [2.45, 2.75) is 56.7 Å². The minimum absolute atomic E-state index is 0.255. The maximum atomic E-state index is 10.8. The van der Waals surface area contributed by atoms with Gasteiger partial charge in [-0.1, -0.05) is 37.3 Å². The van der Waals surface area contributed by atoms with E-state index in [0.717, 1.165) is 12.0 Å². The van der Waals surface area contributed by atoms with Crippen molar-refractivity contribution >= 4 is 0 Å². The van der Waals surface area contributed by atoms with Gasteiger partial charge in [-0.2, -0.15) is 0 Å². The van der Waals surface area contributed by atoms with Crippen LogP contribution in [0.3, 0.4) is 0 Å². The Morgan fingerprint density at radius 3 is 2.57 bits per heavy atom. The maximum Gasteiger partial charge on any atom is 0.171 e. The van der Waals surface area contributed by atoms with Crippen LogP contribution >= 0.6 is 0 Å². The van der Waals surface area contributed by atoms with Gasteiger partial charge in [-0.25, -0.2) is 0 Å². The van der Waals surface area contributed by atoms with Gasteiger partial charge >= 0.3 is 0 Å². The Bertz CT molecular complexity index is 455. The molecule has 1 heterocycles. The Kier molecular flexibility index (Phi) is 4.31. The van der Waals surface area contributed by atoms with Crippen molar-refractivity contribution in [3.63, 3.8) is 0 Å². The van der Waals surface area contributed by atoms with Crippen LogP contribution in [0.25, 0.3) is 0 Å². The highest BCUT2D eigenvalue weighted by molar-refractivity contribution is 5.13. The van der Waals surface area contributed by atoms with E-state index >= 15 is 0 Å². The fourth-order valence-electron chi connectivity index (χ4n) is 3.29. The summed E-state index contributed by atoms with van der Waals surface area (Å²) in [6, 6.07) is 10.0. The fraction of sp³-hybridized carbons (Fsp3) is 0.647. The van der Waals surface area contributed by atoms with Gasteiger partial charge in [0, 0.05) is 12.8 Å². The topological polar surface area (TPSA) is 47.9 Å². The van der Waals surface area contributed by atoms with Crippen LogP contribution in [-0.4, -0.2) is 35.8 Å². The average molecular weight is 292 g/mol. The third-order valence-corrected chi connectivity index (χ3v) is 4.75.